The number of piperidine rings is 1. The van der Waals surface area contributed by atoms with Crippen LogP contribution in [0.2, 0.25) is 0 Å². The highest BCUT2D eigenvalue weighted by Gasteiger charge is 2.41. The number of anilines is 1. The zero-order valence-electron chi connectivity index (χ0n) is 11.3. The molecule has 2 N–H and O–H groups in total. The van der Waals surface area contributed by atoms with Crippen molar-refractivity contribution in [1.82, 2.24) is 10.3 Å². The zero-order chi connectivity index (χ0) is 14.6. The van der Waals surface area contributed by atoms with Gasteiger partial charge in [-0.15, -0.1) is 0 Å². The van der Waals surface area contributed by atoms with Crippen LogP contribution in [0.4, 0.5) is 11.4 Å². The standard InChI is InChI=1S/C13H15N5O3/c14-7-5-8-1-2-9(6-7)17(8)10-3-4-11(18(19)20)13-12(10)15-21-16-13/h3-4,7-9H,1-2,5-6,14H2. The molecule has 21 heavy (non-hydrogen) atoms. The molecule has 3 heterocycles. The first-order valence-corrected chi connectivity index (χ1v) is 7.08. The van der Waals surface area contributed by atoms with Crippen LogP contribution in [0.15, 0.2) is 16.8 Å². The topological polar surface area (TPSA) is 111 Å². The molecule has 4 rings (SSSR count). The van der Waals surface area contributed by atoms with E-state index in [9.17, 15) is 10.1 Å². The van der Waals surface area contributed by atoms with Gasteiger partial charge in [-0.05, 0) is 42.1 Å². The Kier molecular flexibility index (Phi) is 2.61. The van der Waals surface area contributed by atoms with Gasteiger partial charge >= 0.3 is 5.69 Å². The molecule has 2 aliphatic heterocycles. The lowest BCUT2D eigenvalue weighted by Crippen LogP contribution is -2.47. The van der Waals surface area contributed by atoms with Gasteiger partial charge in [0.25, 0.3) is 0 Å². The number of rotatable bonds is 2. The van der Waals surface area contributed by atoms with E-state index < -0.39 is 4.92 Å². The van der Waals surface area contributed by atoms with Gasteiger partial charge in [-0.2, -0.15) is 0 Å². The molecule has 8 heteroatoms. The summed E-state index contributed by atoms with van der Waals surface area (Å²) in [5.74, 6) is 0. The average Bonchev–Trinajstić information content (AvgIpc) is 3.01. The highest BCUT2D eigenvalue weighted by molar-refractivity contribution is 5.94. The number of nitrogens with zero attached hydrogens (tertiary/aromatic N) is 4. The molecule has 0 radical (unpaired) electrons. The maximum atomic E-state index is 11.1. The van der Waals surface area contributed by atoms with E-state index in [0.717, 1.165) is 31.4 Å². The van der Waals surface area contributed by atoms with Crippen molar-refractivity contribution in [3.63, 3.8) is 0 Å². The number of hydrogen-bond donors (Lipinski definition) is 1. The van der Waals surface area contributed by atoms with E-state index >= 15 is 0 Å². The monoisotopic (exact) mass is 289 g/mol. The second-order valence-corrected chi connectivity index (χ2v) is 5.85. The molecule has 2 saturated heterocycles. The molecule has 1 aromatic heterocycles. The van der Waals surface area contributed by atoms with Crippen molar-refractivity contribution >= 4 is 22.4 Å². The van der Waals surface area contributed by atoms with Crippen LogP contribution in [0.1, 0.15) is 25.7 Å². The first kappa shape index (κ1) is 12.5. The van der Waals surface area contributed by atoms with Gasteiger partial charge < -0.3 is 10.6 Å². The molecule has 0 aliphatic carbocycles. The fourth-order valence-electron chi connectivity index (χ4n) is 3.81. The van der Waals surface area contributed by atoms with Crippen LogP contribution in [-0.2, 0) is 0 Å². The van der Waals surface area contributed by atoms with Crippen molar-refractivity contribution in [2.24, 2.45) is 5.73 Å². The summed E-state index contributed by atoms with van der Waals surface area (Å²) in [6.45, 7) is 0. The van der Waals surface area contributed by atoms with Crippen molar-refractivity contribution in [2.45, 2.75) is 43.8 Å². The molecule has 2 bridgehead atoms. The molecule has 2 unspecified atom stereocenters. The van der Waals surface area contributed by atoms with Gasteiger partial charge in [-0.1, -0.05) is 0 Å². The highest BCUT2D eigenvalue weighted by atomic mass is 16.6. The van der Waals surface area contributed by atoms with Crippen molar-refractivity contribution in [1.29, 1.82) is 0 Å². The molecule has 0 amide bonds. The van der Waals surface area contributed by atoms with E-state index in [1.54, 1.807) is 6.07 Å². The van der Waals surface area contributed by atoms with Crippen molar-refractivity contribution in [3.8, 4) is 0 Å². The minimum atomic E-state index is -0.461. The van der Waals surface area contributed by atoms with Crippen LogP contribution in [0.5, 0.6) is 0 Å². The number of aromatic nitrogens is 2. The first-order chi connectivity index (χ1) is 10.1. The lowest BCUT2D eigenvalue weighted by molar-refractivity contribution is -0.383. The summed E-state index contributed by atoms with van der Waals surface area (Å²) in [6.07, 6.45) is 4.09. The van der Waals surface area contributed by atoms with Gasteiger partial charge in [0.15, 0.2) is 5.52 Å². The largest absolute Gasteiger partial charge is 0.364 e. The van der Waals surface area contributed by atoms with Gasteiger partial charge in [-0.25, -0.2) is 4.63 Å². The van der Waals surface area contributed by atoms with Crippen LogP contribution in [0, 0.1) is 10.1 Å². The van der Waals surface area contributed by atoms with E-state index in [1.165, 1.54) is 6.07 Å². The number of hydrogen-bond acceptors (Lipinski definition) is 7. The van der Waals surface area contributed by atoms with E-state index in [0.29, 0.717) is 17.6 Å². The SMILES string of the molecule is NC1CC2CCC(C1)N2c1ccc([N+](=O)[O-])c2nonc12. The third-order valence-corrected chi connectivity index (χ3v) is 4.62. The quantitative estimate of drug-likeness (QED) is 0.660. The van der Waals surface area contributed by atoms with Gasteiger partial charge in [-0.3, -0.25) is 10.1 Å². The summed E-state index contributed by atoms with van der Waals surface area (Å²) in [5, 5.41) is 18.6. The summed E-state index contributed by atoms with van der Waals surface area (Å²) >= 11 is 0. The van der Waals surface area contributed by atoms with Gasteiger partial charge in [0, 0.05) is 24.2 Å². The fourth-order valence-corrected chi connectivity index (χ4v) is 3.81. The maximum Gasteiger partial charge on any atom is 0.300 e. The van der Waals surface area contributed by atoms with Crippen LogP contribution in [0.3, 0.4) is 0 Å². The molecular formula is C13H15N5O3. The van der Waals surface area contributed by atoms with E-state index in [2.05, 4.69) is 15.2 Å². The number of benzene rings is 1. The van der Waals surface area contributed by atoms with Crippen LogP contribution >= 0.6 is 0 Å². The summed E-state index contributed by atoms with van der Waals surface area (Å²) in [7, 11) is 0. The molecule has 0 saturated carbocycles. The highest BCUT2D eigenvalue weighted by Crippen LogP contribution is 2.42. The van der Waals surface area contributed by atoms with E-state index in [1.807, 2.05) is 0 Å². The molecule has 2 fully saturated rings. The minimum absolute atomic E-state index is 0.0731. The number of fused-ring (bicyclic) bond motifs is 3. The Labute approximate surface area is 120 Å². The van der Waals surface area contributed by atoms with E-state index in [-0.39, 0.29) is 17.2 Å². The normalized spacial score (nSPS) is 28.2. The van der Waals surface area contributed by atoms with Crippen molar-refractivity contribution in [2.75, 3.05) is 4.90 Å². The van der Waals surface area contributed by atoms with Gasteiger partial charge in [0.05, 0.1) is 10.6 Å². The van der Waals surface area contributed by atoms with Crippen LogP contribution in [0.25, 0.3) is 11.0 Å². The predicted octanol–water partition coefficient (Wildman–Crippen LogP) is 1.59. The summed E-state index contributed by atoms with van der Waals surface area (Å²) in [4.78, 5) is 12.9. The smallest absolute Gasteiger partial charge is 0.300 e. The molecule has 2 aliphatic rings. The van der Waals surface area contributed by atoms with Gasteiger partial charge in [0.1, 0.15) is 0 Å². The maximum absolute atomic E-state index is 11.1. The molecule has 8 nitrogen and oxygen atoms in total. The van der Waals surface area contributed by atoms with Crippen molar-refractivity contribution < 1.29 is 9.55 Å². The van der Waals surface area contributed by atoms with Crippen molar-refractivity contribution in [3.05, 3.63) is 22.2 Å². The zero-order valence-corrected chi connectivity index (χ0v) is 11.3. The fraction of sp³-hybridized carbons (Fsp3) is 0.538. The van der Waals surface area contributed by atoms with Crippen LogP contribution in [-0.4, -0.2) is 33.4 Å². The molecule has 110 valence electrons. The first-order valence-electron chi connectivity index (χ1n) is 7.08. The molecule has 2 aromatic rings. The Balaban J connectivity index is 1.83. The Bertz CT molecular complexity index is 701. The summed E-state index contributed by atoms with van der Waals surface area (Å²) in [5.41, 5.74) is 7.57. The predicted molar refractivity (Wildman–Crippen MR) is 75.0 cm³/mol. The Morgan fingerprint density at radius 2 is 1.90 bits per heavy atom. The summed E-state index contributed by atoms with van der Waals surface area (Å²) in [6, 6.07) is 4.23. The lowest BCUT2D eigenvalue weighted by Gasteiger charge is -2.39. The third kappa shape index (κ3) is 1.79. The Morgan fingerprint density at radius 1 is 1.24 bits per heavy atom. The Hall–Kier alpha value is -2.22. The minimum Gasteiger partial charge on any atom is -0.364 e. The number of nitrogens with two attached hydrogens (primary N) is 1. The molecule has 2 atom stereocenters. The lowest BCUT2D eigenvalue weighted by atomic mass is 9.97. The molecule has 1 aromatic carbocycles. The average molecular weight is 289 g/mol. The van der Waals surface area contributed by atoms with Crippen LogP contribution < -0.4 is 10.6 Å². The third-order valence-electron chi connectivity index (χ3n) is 4.62. The molecule has 0 spiro atoms. The second-order valence-electron chi connectivity index (χ2n) is 5.85. The van der Waals surface area contributed by atoms with E-state index in [4.69, 9.17) is 10.4 Å². The number of nitro groups is 1. The summed E-state index contributed by atoms with van der Waals surface area (Å²) < 4.78 is 4.74. The Morgan fingerprint density at radius 3 is 2.57 bits per heavy atom. The number of nitro benzene ring substituents is 1. The second kappa shape index (κ2) is 4.39. The molecular weight excluding hydrogens is 274 g/mol. The van der Waals surface area contributed by atoms with Gasteiger partial charge in [0.2, 0.25) is 5.52 Å². The number of non-ortho nitro benzene ring substituents is 1.